The van der Waals surface area contributed by atoms with E-state index >= 15 is 0 Å². The van der Waals surface area contributed by atoms with Gasteiger partial charge in [0.15, 0.2) is 6.10 Å². The van der Waals surface area contributed by atoms with Crippen LogP contribution in [0.15, 0.2) is 30.3 Å². The minimum Gasteiger partial charge on any atom is -0.481 e. The van der Waals surface area contributed by atoms with E-state index in [2.05, 4.69) is 5.10 Å². The van der Waals surface area contributed by atoms with Crippen LogP contribution in [-0.4, -0.2) is 41.4 Å². The van der Waals surface area contributed by atoms with E-state index in [1.807, 2.05) is 49.2 Å². The molecule has 1 aliphatic rings. The van der Waals surface area contributed by atoms with Crippen LogP contribution >= 0.6 is 0 Å². The van der Waals surface area contributed by atoms with E-state index in [-0.39, 0.29) is 11.9 Å². The lowest BCUT2D eigenvalue weighted by atomic mass is 10.0. The zero-order valence-corrected chi connectivity index (χ0v) is 15.2. The average Bonchev–Trinajstić information content (AvgIpc) is 3.19. The lowest BCUT2D eigenvalue weighted by Crippen LogP contribution is -2.35. The Balaban J connectivity index is 1.93. The molecule has 1 aromatic heterocycles. The van der Waals surface area contributed by atoms with Crippen LogP contribution in [0.1, 0.15) is 41.8 Å². The van der Waals surface area contributed by atoms with Gasteiger partial charge in [-0.1, -0.05) is 30.3 Å². The number of nitrogens with zero attached hydrogens (tertiary/aromatic N) is 3. The van der Waals surface area contributed by atoms with Gasteiger partial charge in [-0.05, 0) is 25.3 Å². The van der Waals surface area contributed by atoms with E-state index in [0.717, 1.165) is 35.5 Å². The molecular weight excluding hydrogens is 318 g/mol. The number of benzene rings is 1. The van der Waals surface area contributed by atoms with Crippen LogP contribution in [-0.2, 0) is 16.6 Å². The van der Waals surface area contributed by atoms with Crippen molar-refractivity contribution in [3.8, 4) is 5.88 Å². The molecule has 2 aromatic rings. The lowest BCUT2D eigenvalue weighted by molar-refractivity contribution is -0.143. The molecule has 134 valence electrons. The van der Waals surface area contributed by atoms with Crippen molar-refractivity contribution in [2.45, 2.75) is 31.9 Å². The SMILES string of the molecule is COc1c([C@@H]2CCCN2C(=O)[C@H](OC)c2ccccc2)c(C)nn1C. The fourth-order valence-corrected chi connectivity index (χ4v) is 3.77. The van der Waals surface area contributed by atoms with Gasteiger partial charge in [-0.2, -0.15) is 5.10 Å². The van der Waals surface area contributed by atoms with Gasteiger partial charge < -0.3 is 14.4 Å². The van der Waals surface area contributed by atoms with E-state index in [1.54, 1.807) is 18.9 Å². The molecule has 0 radical (unpaired) electrons. The van der Waals surface area contributed by atoms with Gasteiger partial charge >= 0.3 is 0 Å². The van der Waals surface area contributed by atoms with Crippen LogP contribution in [0.5, 0.6) is 5.88 Å². The van der Waals surface area contributed by atoms with Crippen LogP contribution in [0.3, 0.4) is 0 Å². The summed E-state index contributed by atoms with van der Waals surface area (Å²) in [6.07, 6.45) is 1.27. The summed E-state index contributed by atoms with van der Waals surface area (Å²) in [5.74, 6) is 0.706. The summed E-state index contributed by atoms with van der Waals surface area (Å²) in [4.78, 5) is 15.1. The number of ether oxygens (including phenoxy) is 2. The van der Waals surface area contributed by atoms with Crippen LogP contribution in [0.4, 0.5) is 0 Å². The summed E-state index contributed by atoms with van der Waals surface area (Å²) in [5, 5.41) is 4.47. The smallest absolute Gasteiger partial charge is 0.256 e. The number of carbonyl (C=O) groups is 1. The van der Waals surface area contributed by atoms with Gasteiger partial charge in [0, 0.05) is 20.7 Å². The zero-order chi connectivity index (χ0) is 18.0. The Hall–Kier alpha value is -2.34. The number of methoxy groups -OCH3 is 2. The van der Waals surface area contributed by atoms with Crippen molar-refractivity contribution < 1.29 is 14.3 Å². The van der Waals surface area contributed by atoms with E-state index < -0.39 is 6.10 Å². The summed E-state index contributed by atoms with van der Waals surface area (Å²) in [5.41, 5.74) is 2.77. The molecule has 25 heavy (non-hydrogen) atoms. The van der Waals surface area contributed by atoms with Crippen molar-refractivity contribution in [3.63, 3.8) is 0 Å². The Morgan fingerprint density at radius 1 is 1.28 bits per heavy atom. The number of likely N-dealkylation sites (tertiary alicyclic amines) is 1. The Bertz CT molecular complexity index is 742. The minimum absolute atomic E-state index is 0.0125. The third-order valence-corrected chi connectivity index (χ3v) is 4.84. The predicted molar refractivity (Wildman–Crippen MR) is 94.4 cm³/mol. The molecule has 1 aromatic carbocycles. The molecule has 6 nitrogen and oxygen atoms in total. The molecular formula is C19H25N3O3. The van der Waals surface area contributed by atoms with Crippen molar-refractivity contribution in [2.24, 2.45) is 7.05 Å². The molecule has 2 atom stereocenters. The van der Waals surface area contributed by atoms with Crippen LogP contribution in [0.2, 0.25) is 0 Å². The zero-order valence-electron chi connectivity index (χ0n) is 15.2. The monoisotopic (exact) mass is 343 g/mol. The van der Waals surface area contributed by atoms with Crippen LogP contribution in [0, 0.1) is 6.92 Å². The molecule has 1 saturated heterocycles. The van der Waals surface area contributed by atoms with Crippen molar-refractivity contribution in [1.29, 1.82) is 0 Å². The summed E-state index contributed by atoms with van der Waals surface area (Å²) in [7, 11) is 5.08. The van der Waals surface area contributed by atoms with E-state index in [9.17, 15) is 4.79 Å². The number of hydrogen-bond donors (Lipinski definition) is 0. The number of hydrogen-bond acceptors (Lipinski definition) is 4. The second-order valence-corrected chi connectivity index (χ2v) is 6.35. The molecule has 0 spiro atoms. The first kappa shape index (κ1) is 17.5. The summed E-state index contributed by atoms with van der Waals surface area (Å²) >= 11 is 0. The standard InChI is InChI=1S/C19H25N3O3/c1-13-16(19(25-4)21(2)20-13)15-11-8-12-22(15)18(23)17(24-3)14-9-6-5-7-10-14/h5-7,9-10,15,17H,8,11-12H2,1-4H3/t15-,17+/m0/s1. The summed E-state index contributed by atoms with van der Waals surface area (Å²) in [6.45, 7) is 2.68. The maximum atomic E-state index is 13.2. The van der Waals surface area contributed by atoms with Crippen molar-refractivity contribution >= 4 is 5.91 Å². The fraction of sp³-hybridized carbons (Fsp3) is 0.474. The van der Waals surface area contributed by atoms with E-state index in [4.69, 9.17) is 9.47 Å². The molecule has 1 fully saturated rings. The van der Waals surface area contributed by atoms with Crippen molar-refractivity contribution in [2.75, 3.05) is 20.8 Å². The second-order valence-electron chi connectivity index (χ2n) is 6.35. The molecule has 1 amide bonds. The largest absolute Gasteiger partial charge is 0.481 e. The molecule has 6 heteroatoms. The van der Waals surface area contributed by atoms with Crippen molar-refractivity contribution in [1.82, 2.24) is 14.7 Å². The van der Waals surface area contributed by atoms with Gasteiger partial charge in [-0.15, -0.1) is 0 Å². The van der Waals surface area contributed by atoms with E-state index in [0.29, 0.717) is 6.54 Å². The molecule has 0 unspecified atom stereocenters. The predicted octanol–water partition coefficient (Wildman–Crippen LogP) is 2.79. The molecule has 0 saturated carbocycles. The minimum atomic E-state index is -0.593. The normalized spacial score (nSPS) is 18.4. The number of amides is 1. The topological polar surface area (TPSA) is 56.6 Å². The third-order valence-electron chi connectivity index (χ3n) is 4.84. The summed E-state index contributed by atoms with van der Waals surface area (Å²) in [6, 6.07) is 9.59. The van der Waals surface area contributed by atoms with Gasteiger partial charge in [-0.25, -0.2) is 4.68 Å². The molecule has 0 aliphatic carbocycles. The molecule has 2 heterocycles. The first-order chi connectivity index (χ1) is 12.1. The molecule has 0 bridgehead atoms. The van der Waals surface area contributed by atoms with Gasteiger partial charge in [-0.3, -0.25) is 4.79 Å². The first-order valence-corrected chi connectivity index (χ1v) is 8.54. The van der Waals surface area contributed by atoms with Crippen molar-refractivity contribution in [3.05, 3.63) is 47.2 Å². The maximum Gasteiger partial charge on any atom is 0.256 e. The Labute approximate surface area is 148 Å². The highest BCUT2D eigenvalue weighted by Crippen LogP contribution is 2.40. The third kappa shape index (κ3) is 3.14. The van der Waals surface area contributed by atoms with Gasteiger partial charge in [0.05, 0.1) is 24.4 Å². The highest BCUT2D eigenvalue weighted by Gasteiger charge is 2.38. The summed E-state index contributed by atoms with van der Waals surface area (Å²) < 4.78 is 12.8. The Morgan fingerprint density at radius 2 is 2.00 bits per heavy atom. The van der Waals surface area contributed by atoms with Gasteiger partial charge in [0.25, 0.3) is 5.91 Å². The van der Waals surface area contributed by atoms with Crippen LogP contribution in [0.25, 0.3) is 0 Å². The van der Waals surface area contributed by atoms with Crippen LogP contribution < -0.4 is 4.74 Å². The number of aromatic nitrogens is 2. The Kier molecular flexibility index (Phi) is 5.08. The molecule has 3 rings (SSSR count). The maximum absolute atomic E-state index is 13.2. The highest BCUT2D eigenvalue weighted by atomic mass is 16.5. The molecule has 1 aliphatic heterocycles. The number of rotatable bonds is 5. The number of carbonyl (C=O) groups excluding carboxylic acids is 1. The lowest BCUT2D eigenvalue weighted by Gasteiger charge is -2.29. The second kappa shape index (κ2) is 7.27. The van der Waals surface area contributed by atoms with Gasteiger partial charge in [0.1, 0.15) is 0 Å². The Morgan fingerprint density at radius 3 is 2.64 bits per heavy atom. The quantitative estimate of drug-likeness (QED) is 0.838. The number of aryl methyl sites for hydroxylation is 2. The molecule has 0 N–H and O–H groups in total. The van der Waals surface area contributed by atoms with Gasteiger partial charge in [0.2, 0.25) is 5.88 Å². The van der Waals surface area contributed by atoms with E-state index in [1.165, 1.54) is 0 Å². The fourth-order valence-electron chi connectivity index (χ4n) is 3.77. The average molecular weight is 343 g/mol. The first-order valence-electron chi connectivity index (χ1n) is 8.54. The highest BCUT2D eigenvalue weighted by molar-refractivity contribution is 5.83.